The fourth-order valence-electron chi connectivity index (χ4n) is 2.27. The quantitative estimate of drug-likeness (QED) is 0.757. The molecule has 2 heterocycles. The Morgan fingerprint density at radius 2 is 2.31 bits per heavy atom. The zero-order valence-electron chi connectivity index (χ0n) is 9.20. The Labute approximate surface area is 100 Å². The number of rotatable bonds is 3. The van der Waals surface area contributed by atoms with Crippen molar-refractivity contribution < 1.29 is 4.39 Å². The van der Waals surface area contributed by atoms with Gasteiger partial charge >= 0.3 is 0 Å². The monoisotopic (exact) mass is 242 g/mol. The zero-order valence-corrected chi connectivity index (χ0v) is 9.96. The molecule has 0 bridgehead atoms. The van der Waals surface area contributed by atoms with Crippen molar-refractivity contribution in [2.24, 2.45) is 0 Å². The van der Waals surface area contributed by atoms with Gasteiger partial charge in [0, 0.05) is 18.5 Å². The van der Waals surface area contributed by atoms with Crippen LogP contribution in [0.5, 0.6) is 0 Å². The Balaban J connectivity index is 2.13. The number of pyridine rings is 1. The van der Waals surface area contributed by atoms with Crippen LogP contribution in [0.25, 0.3) is 0 Å². The van der Waals surface area contributed by atoms with Gasteiger partial charge in [0.15, 0.2) is 0 Å². The van der Waals surface area contributed by atoms with Gasteiger partial charge in [-0.15, -0.1) is 11.6 Å². The third kappa shape index (κ3) is 2.64. The minimum Gasteiger partial charge on any atom is -0.354 e. The minimum absolute atomic E-state index is 0.283. The second kappa shape index (κ2) is 5.48. The van der Waals surface area contributed by atoms with Gasteiger partial charge in [0.1, 0.15) is 11.6 Å². The van der Waals surface area contributed by atoms with Crippen LogP contribution in [0.4, 0.5) is 10.2 Å². The van der Waals surface area contributed by atoms with Crippen LogP contribution in [0.1, 0.15) is 25.7 Å². The fourth-order valence-corrected chi connectivity index (χ4v) is 2.52. The average Bonchev–Trinajstić information content (AvgIpc) is 2.32. The second-order valence-corrected chi connectivity index (χ2v) is 4.53. The van der Waals surface area contributed by atoms with Gasteiger partial charge in [-0.3, -0.25) is 0 Å². The van der Waals surface area contributed by atoms with Gasteiger partial charge in [-0.2, -0.15) is 0 Å². The number of nitrogens with zero attached hydrogens (tertiary/aromatic N) is 2. The molecule has 1 aromatic heterocycles. The molecule has 16 heavy (non-hydrogen) atoms. The molecule has 1 saturated heterocycles. The van der Waals surface area contributed by atoms with Crippen LogP contribution in [0.15, 0.2) is 18.3 Å². The molecule has 0 amide bonds. The first kappa shape index (κ1) is 11.6. The fraction of sp³-hybridized carbons (Fsp3) is 0.583. The van der Waals surface area contributed by atoms with Gasteiger partial charge in [0.05, 0.1) is 6.20 Å². The third-order valence-corrected chi connectivity index (χ3v) is 3.29. The van der Waals surface area contributed by atoms with Crippen LogP contribution in [0.2, 0.25) is 0 Å². The Morgan fingerprint density at radius 1 is 1.44 bits per heavy atom. The number of anilines is 1. The van der Waals surface area contributed by atoms with Crippen molar-refractivity contribution in [3.8, 4) is 0 Å². The van der Waals surface area contributed by atoms with E-state index in [1.807, 2.05) is 0 Å². The molecule has 1 unspecified atom stereocenters. The van der Waals surface area contributed by atoms with Crippen LogP contribution in [0.3, 0.4) is 0 Å². The van der Waals surface area contributed by atoms with Crippen molar-refractivity contribution in [2.75, 3.05) is 17.3 Å². The van der Waals surface area contributed by atoms with E-state index in [9.17, 15) is 4.39 Å². The average molecular weight is 243 g/mol. The zero-order chi connectivity index (χ0) is 11.4. The topological polar surface area (TPSA) is 16.1 Å². The molecule has 1 aromatic rings. The third-order valence-electron chi connectivity index (χ3n) is 3.08. The molecule has 2 nitrogen and oxygen atoms in total. The van der Waals surface area contributed by atoms with E-state index in [1.165, 1.54) is 25.1 Å². The summed E-state index contributed by atoms with van der Waals surface area (Å²) >= 11 is 5.81. The lowest BCUT2D eigenvalue weighted by molar-refractivity contribution is 0.447. The highest BCUT2D eigenvalue weighted by molar-refractivity contribution is 6.17. The smallest absolute Gasteiger partial charge is 0.141 e. The highest BCUT2D eigenvalue weighted by Gasteiger charge is 2.22. The van der Waals surface area contributed by atoms with Crippen molar-refractivity contribution >= 4 is 17.4 Å². The SMILES string of the molecule is Fc1ccc(N2CCCCC2CCCl)nc1. The lowest BCUT2D eigenvalue weighted by atomic mass is 10.00. The Morgan fingerprint density at radius 3 is 3.00 bits per heavy atom. The summed E-state index contributed by atoms with van der Waals surface area (Å²) in [5.41, 5.74) is 0. The maximum Gasteiger partial charge on any atom is 0.141 e. The molecule has 4 heteroatoms. The molecule has 1 aliphatic rings. The highest BCUT2D eigenvalue weighted by atomic mass is 35.5. The van der Waals surface area contributed by atoms with Crippen LogP contribution in [-0.4, -0.2) is 23.5 Å². The Bertz CT molecular complexity index is 326. The lowest BCUT2D eigenvalue weighted by Gasteiger charge is -2.36. The van der Waals surface area contributed by atoms with Gasteiger partial charge in [0.25, 0.3) is 0 Å². The maximum atomic E-state index is 12.8. The summed E-state index contributed by atoms with van der Waals surface area (Å²) in [7, 11) is 0. The minimum atomic E-state index is -0.283. The van der Waals surface area contributed by atoms with Crippen molar-refractivity contribution in [2.45, 2.75) is 31.7 Å². The maximum absolute atomic E-state index is 12.8. The predicted molar refractivity (Wildman–Crippen MR) is 64.5 cm³/mol. The summed E-state index contributed by atoms with van der Waals surface area (Å²) < 4.78 is 12.8. The van der Waals surface area contributed by atoms with Gasteiger partial charge in [-0.25, -0.2) is 9.37 Å². The molecule has 1 atom stereocenters. The summed E-state index contributed by atoms with van der Waals surface area (Å²) in [5.74, 6) is 1.26. The largest absolute Gasteiger partial charge is 0.354 e. The van der Waals surface area contributed by atoms with Crippen molar-refractivity contribution in [3.05, 3.63) is 24.1 Å². The summed E-state index contributed by atoms with van der Waals surface area (Å²) in [6.45, 7) is 1.00. The molecule has 0 N–H and O–H groups in total. The molecule has 0 aromatic carbocycles. The first-order chi connectivity index (χ1) is 7.81. The van der Waals surface area contributed by atoms with Gasteiger partial charge < -0.3 is 4.90 Å². The molecule has 1 fully saturated rings. The van der Waals surface area contributed by atoms with E-state index in [0.717, 1.165) is 25.2 Å². The summed E-state index contributed by atoms with van der Waals surface area (Å²) in [6, 6.07) is 3.68. The summed E-state index contributed by atoms with van der Waals surface area (Å²) in [4.78, 5) is 6.40. The molecular formula is C12H16ClFN2. The Kier molecular flexibility index (Phi) is 3.99. The standard InChI is InChI=1S/C12H16ClFN2/c13-7-6-11-3-1-2-8-16(11)12-5-4-10(14)9-15-12/h4-5,9,11H,1-3,6-8H2. The van der Waals surface area contributed by atoms with Gasteiger partial charge in [0.2, 0.25) is 0 Å². The van der Waals surface area contributed by atoms with E-state index in [0.29, 0.717) is 11.9 Å². The molecule has 0 spiro atoms. The molecule has 0 aliphatic carbocycles. The predicted octanol–water partition coefficient (Wildman–Crippen LogP) is 3.21. The molecule has 0 radical (unpaired) electrons. The van der Waals surface area contributed by atoms with Crippen LogP contribution >= 0.6 is 11.6 Å². The second-order valence-electron chi connectivity index (χ2n) is 4.16. The van der Waals surface area contributed by atoms with E-state index < -0.39 is 0 Å². The normalized spacial score (nSPS) is 21.1. The number of aromatic nitrogens is 1. The number of hydrogen-bond acceptors (Lipinski definition) is 2. The van der Waals surface area contributed by atoms with Gasteiger partial charge in [-0.05, 0) is 37.8 Å². The first-order valence-corrected chi connectivity index (χ1v) is 6.29. The number of alkyl halides is 1. The first-order valence-electron chi connectivity index (χ1n) is 5.75. The molecule has 0 saturated carbocycles. The van der Waals surface area contributed by atoms with Crippen molar-refractivity contribution in [1.29, 1.82) is 0 Å². The van der Waals surface area contributed by atoms with E-state index in [-0.39, 0.29) is 5.82 Å². The number of halogens is 2. The number of piperidine rings is 1. The van der Waals surface area contributed by atoms with Crippen LogP contribution in [-0.2, 0) is 0 Å². The summed E-state index contributed by atoms with van der Waals surface area (Å²) in [6.07, 6.45) is 5.84. The molecule has 2 rings (SSSR count). The lowest BCUT2D eigenvalue weighted by Crippen LogP contribution is -2.40. The van der Waals surface area contributed by atoms with Gasteiger partial charge in [-0.1, -0.05) is 0 Å². The van der Waals surface area contributed by atoms with E-state index in [1.54, 1.807) is 6.07 Å². The van der Waals surface area contributed by atoms with E-state index >= 15 is 0 Å². The van der Waals surface area contributed by atoms with Crippen LogP contribution in [0, 0.1) is 5.82 Å². The molecular weight excluding hydrogens is 227 g/mol. The van der Waals surface area contributed by atoms with Crippen molar-refractivity contribution in [3.63, 3.8) is 0 Å². The van der Waals surface area contributed by atoms with E-state index in [2.05, 4.69) is 9.88 Å². The number of hydrogen-bond donors (Lipinski definition) is 0. The van der Waals surface area contributed by atoms with E-state index in [4.69, 9.17) is 11.6 Å². The Hall–Kier alpha value is -0.830. The molecule has 1 aliphatic heterocycles. The van der Waals surface area contributed by atoms with Crippen molar-refractivity contribution in [1.82, 2.24) is 4.98 Å². The van der Waals surface area contributed by atoms with Crippen LogP contribution < -0.4 is 4.90 Å². The highest BCUT2D eigenvalue weighted by Crippen LogP contribution is 2.25. The summed E-state index contributed by atoms with van der Waals surface area (Å²) in [5, 5.41) is 0. The molecule has 88 valence electrons.